The Labute approximate surface area is 96.3 Å². The molecule has 0 aromatic heterocycles. The van der Waals surface area contributed by atoms with Gasteiger partial charge in [0.15, 0.2) is 0 Å². The van der Waals surface area contributed by atoms with Crippen LogP contribution in [0.3, 0.4) is 0 Å². The van der Waals surface area contributed by atoms with Crippen LogP contribution in [0.15, 0.2) is 18.2 Å². The fourth-order valence-electron chi connectivity index (χ4n) is 1.41. The predicted octanol–water partition coefficient (Wildman–Crippen LogP) is 2.51. The van der Waals surface area contributed by atoms with Crippen molar-refractivity contribution in [2.24, 2.45) is 0 Å². The number of rotatable bonds is 6. The molecule has 0 bridgehead atoms. The van der Waals surface area contributed by atoms with Crippen molar-refractivity contribution in [2.75, 3.05) is 13.2 Å². The molecule has 0 aliphatic carbocycles. The average Bonchev–Trinajstić information content (AvgIpc) is 2.23. The Morgan fingerprint density at radius 3 is 2.80 bits per heavy atom. The number of nitrogens with one attached hydrogen (secondary N) is 1. The molecular formula is C12H18ClNO. The minimum Gasteiger partial charge on any atom is -0.396 e. The van der Waals surface area contributed by atoms with E-state index in [-0.39, 0.29) is 6.61 Å². The van der Waals surface area contributed by atoms with E-state index in [2.05, 4.69) is 11.4 Å². The lowest BCUT2D eigenvalue weighted by Crippen LogP contribution is -2.15. The van der Waals surface area contributed by atoms with E-state index in [9.17, 15) is 0 Å². The van der Waals surface area contributed by atoms with Crippen molar-refractivity contribution >= 4 is 11.6 Å². The third-order valence-electron chi connectivity index (χ3n) is 2.31. The normalized spacial score (nSPS) is 10.6. The highest BCUT2D eigenvalue weighted by atomic mass is 35.5. The lowest BCUT2D eigenvalue weighted by Gasteiger charge is -2.06. The van der Waals surface area contributed by atoms with Crippen LogP contribution >= 0.6 is 11.6 Å². The van der Waals surface area contributed by atoms with Crippen LogP contribution in [0.25, 0.3) is 0 Å². The predicted molar refractivity (Wildman–Crippen MR) is 64.2 cm³/mol. The second kappa shape index (κ2) is 6.83. The van der Waals surface area contributed by atoms with Crippen LogP contribution < -0.4 is 5.32 Å². The molecular weight excluding hydrogens is 210 g/mol. The van der Waals surface area contributed by atoms with Gasteiger partial charge in [-0.05, 0) is 43.5 Å². The monoisotopic (exact) mass is 227 g/mol. The van der Waals surface area contributed by atoms with E-state index in [4.69, 9.17) is 16.7 Å². The zero-order chi connectivity index (χ0) is 11.1. The Morgan fingerprint density at radius 1 is 1.33 bits per heavy atom. The lowest BCUT2D eigenvalue weighted by atomic mass is 10.1. The summed E-state index contributed by atoms with van der Waals surface area (Å²) in [5, 5.41) is 12.8. The maximum Gasteiger partial charge on any atom is 0.0435 e. The third-order valence-corrected chi connectivity index (χ3v) is 2.74. The van der Waals surface area contributed by atoms with Gasteiger partial charge < -0.3 is 10.4 Å². The topological polar surface area (TPSA) is 32.3 Å². The van der Waals surface area contributed by atoms with Crippen molar-refractivity contribution in [1.29, 1.82) is 0 Å². The maximum atomic E-state index is 8.61. The van der Waals surface area contributed by atoms with Crippen molar-refractivity contribution in [3.63, 3.8) is 0 Å². The fraction of sp³-hybridized carbons (Fsp3) is 0.500. The first-order valence-electron chi connectivity index (χ1n) is 5.30. The summed E-state index contributed by atoms with van der Waals surface area (Å²) in [5.74, 6) is 0. The molecule has 0 amide bonds. The van der Waals surface area contributed by atoms with E-state index in [0.717, 1.165) is 36.5 Å². The standard InChI is InChI=1S/C12H18ClNO/c1-10-8-11(4-5-12(10)13)9-14-6-2-3-7-15/h4-5,8,14-15H,2-3,6-7,9H2,1H3. The van der Waals surface area contributed by atoms with Gasteiger partial charge in [0.1, 0.15) is 0 Å². The molecule has 0 radical (unpaired) electrons. The van der Waals surface area contributed by atoms with Gasteiger partial charge in [-0.15, -0.1) is 0 Å². The van der Waals surface area contributed by atoms with Gasteiger partial charge in [0, 0.05) is 18.2 Å². The number of hydrogen-bond donors (Lipinski definition) is 2. The number of aliphatic hydroxyl groups excluding tert-OH is 1. The zero-order valence-electron chi connectivity index (χ0n) is 9.09. The molecule has 2 N–H and O–H groups in total. The van der Waals surface area contributed by atoms with Gasteiger partial charge in [0.2, 0.25) is 0 Å². The molecule has 2 nitrogen and oxygen atoms in total. The Morgan fingerprint density at radius 2 is 2.13 bits per heavy atom. The highest BCUT2D eigenvalue weighted by molar-refractivity contribution is 6.31. The van der Waals surface area contributed by atoms with E-state index in [1.54, 1.807) is 0 Å². The molecule has 0 atom stereocenters. The Hall–Kier alpha value is -0.570. The summed E-state index contributed by atoms with van der Waals surface area (Å²) in [5.41, 5.74) is 2.37. The second-order valence-electron chi connectivity index (χ2n) is 3.69. The molecule has 0 heterocycles. The van der Waals surface area contributed by atoms with Crippen molar-refractivity contribution in [1.82, 2.24) is 5.32 Å². The molecule has 0 spiro atoms. The van der Waals surface area contributed by atoms with Crippen molar-refractivity contribution in [3.8, 4) is 0 Å². The Bertz CT molecular complexity index is 302. The first-order chi connectivity index (χ1) is 7.24. The van der Waals surface area contributed by atoms with E-state index < -0.39 is 0 Å². The van der Waals surface area contributed by atoms with Gasteiger partial charge in [0.05, 0.1) is 0 Å². The van der Waals surface area contributed by atoms with Crippen molar-refractivity contribution in [2.45, 2.75) is 26.3 Å². The first kappa shape index (κ1) is 12.5. The van der Waals surface area contributed by atoms with E-state index >= 15 is 0 Å². The van der Waals surface area contributed by atoms with Crippen molar-refractivity contribution < 1.29 is 5.11 Å². The summed E-state index contributed by atoms with van der Waals surface area (Å²) in [6.45, 7) is 4.10. The van der Waals surface area contributed by atoms with Gasteiger partial charge >= 0.3 is 0 Å². The van der Waals surface area contributed by atoms with Gasteiger partial charge in [-0.1, -0.05) is 23.7 Å². The van der Waals surface area contributed by atoms with Crippen LogP contribution in [0.2, 0.25) is 5.02 Å². The van der Waals surface area contributed by atoms with Crippen LogP contribution in [0.1, 0.15) is 24.0 Å². The summed E-state index contributed by atoms with van der Waals surface area (Å²) >= 11 is 5.94. The smallest absolute Gasteiger partial charge is 0.0435 e. The molecule has 0 saturated carbocycles. The molecule has 3 heteroatoms. The largest absolute Gasteiger partial charge is 0.396 e. The zero-order valence-corrected chi connectivity index (χ0v) is 9.85. The summed E-state index contributed by atoms with van der Waals surface area (Å²) < 4.78 is 0. The van der Waals surface area contributed by atoms with Crippen LogP contribution in [0.4, 0.5) is 0 Å². The van der Waals surface area contributed by atoms with Crippen LogP contribution in [-0.4, -0.2) is 18.3 Å². The molecule has 0 saturated heterocycles. The molecule has 0 aliphatic heterocycles. The third kappa shape index (κ3) is 4.65. The first-order valence-corrected chi connectivity index (χ1v) is 5.68. The van der Waals surface area contributed by atoms with E-state index in [1.165, 1.54) is 5.56 Å². The summed E-state index contributed by atoms with van der Waals surface area (Å²) in [6.07, 6.45) is 1.88. The number of aliphatic hydroxyl groups is 1. The van der Waals surface area contributed by atoms with E-state index in [0.29, 0.717) is 0 Å². The number of aryl methyl sites for hydroxylation is 1. The lowest BCUT2D eigenvalue weighted by molar-refractivity contribution is 0.283. The minimum atomic E-state index is 0.279. The maximum absolute atomic E-state index is 8.61. The number of halogens is 1. The number of hydrogen-bond acceptors (Lipinski definition) is 2. The fourth-order valence-corrected chi connectivity index (χ4v) is 1.53. The van der Waals surface area contributed by atoms with Crippen molar-refractivity contribution in [3.05, 3.63) is 34.3 Å². The van der Waals surface area contributed by atoms with Crippen LogP contribution in [-0.2, 0) is 6.54 Å². The molecule has 1 rings (SSSR count). The SMILES string of the molecule is Cc1cc(CNCCCCO)ccc1Cl. The second-order valence-corrected chi connectivity index (χ2v) is 4.10. The van der Waals surface area contributed by atoms with Gasteiger partial charge in [-0.3, -0.25) is 0 Å². The van der Waals surface area contributed by atoms with Gasteiger partial charge in [-0.2, -0.15) is 0 Å². The molecule has 84 valence electrons. The van der Waals surface area contributed by atoms with Gasteiger partial charge in [-0.25, -0.2) is 0 Å². The average molecular weight is 228 g/mol. The summed E-state index contributed by atoms with van der Waals surface area (Å²) in [6, 6.07) is 6.07. The number of unbranched alkanes of at least 4 members (excludes halogenated alkanes) is 1. The Kier molecular flexibility index (Phi) is 5.69. The van der Waals surface area contributed by atoms with Gasteiger partial charge in [0.25, 0.3) is 0 Å². The Balaban J connectivity index is 2.28. The molecule has 0 aliphatic rings. The molecule has 1 aromatic rings. The van der Waals surface area contributed by atoms with Crippen LogP contribution in [0.5, 0.6) is 0 Å². The summed E-state index contributed by atoms with van der Waals surface area (Å²) in [7, 11) is 0. The van der Waals surface area contributed by atoms with Crippen LogP contribution in [0, 0.1) is 6.92 Å². The molecule has 0 unspecified atom stereocenters. The molecule has 1 aromatic carbocycles. The molecule has 0 fully saturated rings. The summed E-state index contributed by atoms with van der Waals surface area (Å²) in [4.78, 5) is 0. The van der Waals surface area contributed by atoms with E-state index in [1.807, 2.05) is 19.1 Å². The number of benzene rings is 1. The highest BCUT2D eigenvalue weighted by Gasteiger charge is 1.97. The quantitative estimate of drug-likeness (QED) is 0.732. The molecule has 15 heavy (non-hydrogen) atoms. The minimum absolute atomic E-state index is 0.279. The highest BCUT2D eigenvalue weighted by Crippen LogP contribution is 2.15.